The second kappa shape index (κ2) is 12.5. The quantitative estimate of drug-likeness (QED) is 0.145. The molecule has 9 nitrogen and oxygen atoms in total. The Labute approximate surface area is 252 Å². The fourth-order valence-corrected chi connectivity index (χ4v) is 5.74. The second-order valence-electron chi connectivity index (χ2n) is 8.75. The van der Waals surface area contributed by atoms with E-state index in [0.717, 1.165) is 0 Å². The molecular formula is C30H21BrFN3O6S. The number of methoxy groups -OCH3 is 2. The lowest BCUT2D eigenvalue weighted by atomic mass is 10.1. The Morgan fingerprint density at radius 1 is 1.10 bits per heavy atom. The largest absolute Gasteiger partial charge is 0.497 e. The smallest absolute Gasteiger partial charge is 0.297 e. The number of nitriles is 1. The summed E-state index contributed by atoms with van der Waals surface area (Å²) < 4.78 is 36.7. The number of benzene rings is 3. The fraction of sp³-hybridized carbons (Fsp3) is 0.133. The van der Waals surface area contributed by atoms with Crippen LogP contribution < -0.4 is 14.2 Å². The maximum atomic E-state index is 14.0. The standard InChI is InChI=1S/C30H21BrFN3O6S/c1-38-19-10-12-23(31)22(14-19)29(37)35-30(42-28(34-35)17-6-8-18(32)9-7-17)21-4-3-5-26(27(21)39-2)40-16-20-11-13-25(41-20)24(36)15-33/h3-14,30H,16H2,1-2H3. The number of ether oxygens (including phenoxy) is 3. The molecule has 0 radical (unpaired) electrons. The maximum absolute atomic E-state index is 14.0. The third kappa shape index (κ3) is 5.88. The van der Waals surface area contributed by atoms with Crippen molar-refractivity contribution in [2.24, 2.45) is 5.10 Å². The van der Waals surface area contributed by atoms with Gasteiger partial charge in [-0.3, -0.25) is 9.59 Å². The molecule has 0 aliphatic carbocycles. The monoisotopic (exact) mass is 649 g/mol. The highest BCUT2D eigenvalue weighted by atomic mass is 79.9. The van der Waals surface area contributed by atoms with Gasteiger partial charge in [-0.2, -0.15) is 10.4 Å². The maximum Gasteiger partial charge on any atom is 0.297 e. The molecule has 4 aromatic rings. The number of carbonyl (C=O) groups is 2. The molecular weight excluding hydrogens is 629 g/mol. The number of halogens is 2. The van der Waals surface area contributed by atoms with E-state index in [0.29, 0.717) is 49.2 Å². The summed E-state index contributed by atoms with van der Waals surface area (Å²) in [7, 11) is 2.99. The molecule has 12 heteroatoms. The molecule has 0 N–H and O–H groups in total. The summed E-state index contributed by atoms with van der Waals surface area (Å²) in [6.07, 6.45) is 0. The minimum absolute atomic E-state index is 0.0485. The van der Waals surface area contributed by atoms with E-state index < -0.39 is 17.1 Å². The third-order valence-electron chi connectivity index (χ3n) is 6.18. The zero-order valence-electron chi connectivity index (χ0n) is 22.2. The normalized spacial score (nSPS) is 14.2. The van der Waals surface area contributed by atoms with Gasteiger partial charge in [0.1, 0.15) is 40.4 Å². The number of furan rings is 1. The average molecular weight is 650 g/mol. The summed E-state index contributed by atoms with van der Waals surface area (Å²) in [4.78, 5) is 25.5. The molecule has 1 aromatic heterocycles. The first-order valence-corrected chi connectivity index (χ1v) is 14.0. The van der Waals surface area contributed by atoms with Crippen molar-refractivity contribution >= 4 is 44.4 Å². The summed E-state index contributed by atoms with van der Waals surface area (Å²) in [5.74, 6) is -0.131. The van der Waals surface area contributed by atoms with Crippen molar-refractivity contribution in [1.29, 1.82) is 5.26 Å². The molecule has 0 fully saturated rings. The summed E-state index contributed by atoms with van der Waals surface area (Å²) in [6, 6.07) is 20.6. The number of hydrogen-bond acceptors (Lipinski definition) is 9. The van der Waals surface area contributed by atoms with E-state index in [1.54, 1.807) is 54.6 Å². The van der Waals surface area contributed by atoms with Gasteiger partial charge in [0, 0.05) is 15.6 Å². The number of amides is 1. The van der Waals surface area contributed by atoms with Gasteiger partial charge < -0.3 is 18.6 Å². The van der Waals surface area contributed by atoms with Gasteiger partial charge in [-0.05, 0) is 76.6 Å². The van der Waals surface area contributed by atoms with Crippen LogP contribution in [-0.4, -0.2) is 36.0 Å². The molecule has 3 aromatic carbocycles. The number of hydrazone groups is 1. The highest BCUT2D eigenvalue weighted by Crippen LogP contribution is 2.48. The summed E-state index contributed by atoms with van der Waals surface area (Å²) in [5.41, 5.74) is 1.56. The lowest BCUT2D eigenvalue weighted by Crippen LogP contribution is -2.26. The summed E-state index contributed by atoms with van der Waals surface area (Å²) in [5, 5.41) is 14.6. The van der Waals surface area contributed by atoms with Crippen LogP contribution >= 0.6 is 27.7 Å². The van der Waals surface area contributed by atoms with Crippen molar-refractivity contribution in [3.8, 4) is 23.3 Å². The highest BCUT2D eigenvalue weighted by molar-refractivity contribution is 9.10. The number of ketones is 1. The predicted octanol–water partition coefficient (Wildman–Crippen LogP) is 6.73. The van der Waals surface area contributed by atoms with Crippen molar-refractivity contribution in [2.45, 2.75) is 12.0 Å². The van der Waals surface area contributed by atoms with Crippen LogP contribution in [0.3, 0.4) is 0 Å². The topological polar surface area (TPSA) is 114 Å². The number of thioether (sulfide) groups is 1. The first-order valence-electron chi connectivity index (χ1n) is 12.3. The fourth-order valence-electron chi connectivity index (χ4n) is 4.15. The molecule has 1 unspecified atom stereocenters. The van der Waals surface area contributed by atoms with Gasteiger partial charge in [0.25, 0.3) is 11.7 Å². The van der Waals surface area contributed by atoms with Gasteiger partial charge in [0.15, 0.2) is 17.3 Å². The van der Waals surface area contributed by atoms with Crippen molar-refractivity contribution in [2.75, 3.05) is 14.2 Å². The van der Waals surface area contributed by atoms with Gasteiger partial charge in [-0.25, -0.2) is 9.40 Å². The van der Waals surface area contributed by atoms with E-state index >= 15 is 0 Å². The molecule has 0 saturated heterocycles. The van der Waals surface area contributed by atoms with Crippen LogP contribution in [0.25, 0.3) is 0 Å². The Hall–Kier alpha value is -4.60. The van der Waals surface area contributed by atoms with Crippen LogP contribution in [-0.2, 0) is 6.61 Å². The van der Waals surface area contributed by atoms with E-state index in [2.05, 4.69) is 21.0 Å². The van der Waals surface area contributed by atoms with Crippen molar-refractivity contribution in [1.82, 2.24) is 5.01 Å². The summed E-state index contributed by atoms with van der Waals surface area (Å²) in [6.45, 7) is -0.0485. The Bertz CT molecular complexity index is 1730. The van der Waals surface area contributed by atoms with E-state index in [-0.39, 0.29) is 18.2 Å². The lowest BCUT2D eigenvalue weighted by molar-refractivity contribution is 0.0746. The predicted molar refractivity (Wildman–Crippen MR) is 156 cm³/mol. The van der Waals surface area contributed by atoms with Crippen LogP contribution in [0.5, 0.6) is 17.2 Å². The number of nitrogens with zero attached hydrogens (tertiary/aromatic N) is 3. The van der Waals surface area contributed by atoms with Gasteiger partial charge in [0.2, 0.25) is 0 Å². The molecule has 1 aliphatic rings. The van der Waals surface area contributed by atoms with Gasteiger partial charge in [-0.15, -0.1) is 0 Å². The minimum Gasteiger partial charge on any atom is -0.497 e. The molecule has 0 spiro atoms. The van der Waals surface area contributed by atoms with Gasteiger partial charge >= 0.3 is 0 Å². The number of carbonyl (C=O) groups excluding carboxylic acids is 2. The number of hydrogen-bond donors (Lipinski definition) is 0. The van der Waals surface area contributed by atoms with Crippen LogP contribution in [0.2, 0.25) is 0 Å². The van der Waals surface area contributed by atoms with Crippen molar-refractivity contribution < 1.29 is 32.6 Å². The molecule has 5 rings (SSSR count). The number of rotatable bonds is 9. The van der Waals surface area contributed by atoms with Crippen LogP contribution in [0.15, 0.2) is 86.8 Å². The third-order valence-corrected chi connectivity index (χ3v) is 8.09. The minimum atomic E-state index is -0.788. The van der Waals surface area contributed by atoms with Crippen molar-refractivity contribution in [3.63, 3.8) is 0 Å². The second-order valence-corrected chi connectivity index (χ2v) is 10.7. The summed E-state index contributed by atoms with van der Waals surface area (Å²) >= 11 is 4.75. The first-order chi connectivity index (χ1) is 20.3. The Balaban J connectivity index is 1.51. The van der Waals surface area contributed by atoms with E-state index in [9.17, 15) is 14.0 Å². The number of para-hydroxylation sites is 1. The van der Waals surface area contributed by atoms with Crippen molar-refractivity contribution in [3.05, 3.63) is 111 Å². The first kappa shape index (κ1) is 28.9. The zero-order valence-corrected chi connectivity index (χ0v) is 24.6. The van der Waals surface area contributed by atoms with Gasteiger partial charge in [0.05, 0.1) is 19.8 Å². The zero-order chi connectivity index (χ0) is 29.8. The highest BCUT2D eigenvalue weighted by Gasteiger charge is 2.37. The SMILES string of the molecule is COc1ccc(Br)c(C(=O)N2N=C(c3ccc(F)cc3)SC2c2cccc(OCc3ccc(C(=O)C#N)o3)c2OC)c1. The van der Waals surface area contributed by atoms with Crippen LogP contribution in [0, 0.1) is 17.1 Å². The molecule has 0 saturated carbocycles. The Morgan fingerprint density at radius 3 is 2.60 bits per heavy atom. The molecule has 212 valence electrons. The van der Waals surface area contributed by atoms with Crippen LogP contribution in [0.4, 0.5) is 4.39 Å². The van der Waals surface area contributed by atoms with Crippen LogP contribution in [0.1, 0.15) is 43.2 Å². The van der Waals surface area contributed by atoms with Gasteiger partial charge in [-0.1, -0.05) is 23.9 Å². The molecule has 1 amide bonds. The molecule has 1 aliphatic heterocycles. The Kier molecular flexibility index (Phi) is 8.61. The van der Waals surface area contributed by atoms with E-state index in [4.69, 9.17) is 23.9 Å². The molecule has 42 heavy (non-hydrogen) atoms. The average Bonchev–Trinajstić information content (AvgIpc) is 3.68. The molecule has 1 atom stereocenters. The van der Waals surface area contributed by atoms with E-state index in [1.807, 2.05) is 0 Å². The van der Waals surface area contributed by atoms with E-state index in [1.165, 1.54) is 55.3 Å². The lowest BCUT2D eigenvalue weighted by Gasteiger charge is -2.24. The number of Topliss-reactive ketones (excluding diaryl/α,β-unsaturated/α-hetero) is 1. The molecule has 0 bridgehead atoms. The Morgan fingerprint density at radius 2 is 1.88 bits per heavy atom. The molecule has 2 heterocycles.